The molecule has 0 saturated heterocycles. The number of aromatic nitrogens is 2. The number of halogens is 2. The third-order valence-electron chi connectivity index (χ3n) is 5.39. The van der Waals surface area contributed by atoms with Crippen LogP contribution in [0.15, 0.2) is 66.9 Å². The zero-order valence-electron chi connectivity index (χ0n) is 17.4. The zero-order valence-corrected chi connectivity index (χ0v) is 19.0. The fraction of sp³-hybridized carbons (Fsp3) is 0.240. The minimum absolute atomic E-state index is 0.639. The third-order valence-corrected chi connectivity index (χ3v) is 5.98. The van der Waals surface area contributed by atoms with E-state index in [9.17, 15) is 0 Å². The van der Waals surface area contributed by atoms with Gasteiger partial charge in [-0.3, -0.25) is 0 Å². The second-order valence-electron chi connectivity index (χ2n) is 7.45. The first-order chi connectivity index (χ1) is 15.1. The monoisotopic (exact) mass is 453 g/mol. The van der Waals surface area contributed by atoms with Crippen LogP contribution in [-0.2, 0) is 13.1 Å². The Balaban J connectivity index is 1.42. The molecule has 0 aliphatic carbocycles. The molecule has 0 aliphatic rings. The lowest BCUT2D eigenvalue weighted by atomic mass is 10.1. The largest absolute Gasteiger partial charge is 0.478 e. The van der Waals surface area contributed by atoms with Gasteiger partial charge in [0, 0.05) is 52.0 Å². The van der Waals surface area contributed by atoms with Crippen molar-refractivity contribution >= 4 is 34.1 Å². The van der Waals surface area contributed by atoms with E-state index in [4.69, 9.17) is 27.9 Å². The Morgan fingerprint density at radius 1 is 1.03 bits per heavy atom. The first-order valence-electron chi connectivity index (χ1n) is 10.4. The molecular formula is C25H25Cl2N3O. The predicted octanol–water partition coefficient (Wildman–Crippen LogP) is 6.26. The van der Waals surface area contributed by atoms with Crippen LogP contribution in [0.25, 0.3) is 10.9 Å². The van der Waals surface area contributed by atoms with Gasteiger partial charge >= 0.3 is 0 Å². The van der Waals surface area contributed by atoms with Crippen LogP contribution in [0.1, 0.15) is 23.2 Å². The number of fused-ring (bicyclic) bond motifs is 1. The molecule has 4 nitrogen and oxygen atoms in total. The number of nitrogens with zero attached hydrogens (tertiary/aromatic N) is 2. The molecule has 31 heavy (non-hydrogen) atoms. The van der Waals surface area contributed by atoms with Crippen LogP contribution in [0, 0.1) is 6.92 Å². The van der Waals surface area contributed by atoms with Crippen molar-refractivity contribution in [3.8, 4) is 5.88 Å². The number of nitrogens with one attached hydrogen (secondary N) is 1. The molecule has 0 atom stereocenters. The summed E-state index contributed by atoms with van der Waals surface area (Å²) in [5.74, 6) is 0.669. The normalized spacial score (nSPS) is 11.2. The highest BCUT2D eigenvalue weighted by atomic mass is 35.5. The van der Waals surface area contributed by atoms with Crippen molar-refractivity contribution in [3.63, 3.8) is 0 Å². The summed E-state index contributed by atoms with van der Waals surface area (Å²) in [5.41, 5.74) is 4.82. The van der Waals surface area contributed by atoms with Crippen molar-refractivity contribution in [2.24, 2.45) is 0 Å². The van der Waals surface area contributed by atoms with Crippen LogP contribution in [0.4, 0.5) is 0 Å². The summed E-state index contributed by atoms with van der Waals surface area (Å²) in [6.07, 6.45) is 2.65. The Kier molecular flexibility index (Phi) is 7.13. The number of ether oxygens (including phenoxy) is 1. The van der Waals surface area contributed by atoms with Crippen LogP contribution in [-0.4, -0.2) is 22.7 Å². The van der Waals surface area contributed by atoms with E-state index in [1.807, 2.05) is 30.3 Å². The van der Waals surface area contributed by atoms with Gasteiger partial charge in [0.15, 0.2) is 0 Å². The molecule has 0 spiro atoms. The Morgan fingerprint density at radius 3 is 2.68 bits per heavy atom. The van der Waals surface area contributed by atoms with Crippen molar-refractivity contribution < 1.29 is 4.74 Å². The first kappa shape index (κ1) is 21.7. The second-order valence-corrected chi connectivity index (χ2v) is 8.29. The molecule has 4 aromatic rings. The average Bonchev–Trinajstić information content (AvgIpc) is 3.04. The molecule has 2 aromatic heterocycles. The van der Waals surface area contributed by atoms with Gasteiger partial charge in [0.2, 0.25) is 5.88 Å². The van der Waals surface area contributed by atoms with Crippen LogP contribution in [0.5, 0.6) is 5.88 Å². The van der Waals surface area contributed by atoms with Crippen LogP contribution in [0.3, 0.4) is 0 Å². The molecule has 2 heterocycles. The molecule has 0 fully saturated rings. The number of benzene rings is 2. The number of hydrogen-bond acceptors (Lipinski definition) is 3. The lowest BCUT2D eigenvalue weighted by molar-refractivity contribution is 0.296. The highest BCUT2D eigenvalue weighted by molar-refractivity contribution is 6.35. The maximum atomic E-state index is 6.44. The van der Waals surface area contributed by atoms with E-state index in [0.29, 0.717) is 29.1 Å². The SMILES string of the molecule is Cc1c(CNCCCOc2ccccn2)c2ccccc2n1Cc1ccc(Cl)cc1Cl. The summed E-state index contributed by atoms with van der Waals surface area (Å²) >= 11 is 12.5. The van der Waals surface area contributed by atoms with Crippen molar-refractivity contribution in [2.75, 3.05) is 13.2 Å². The summed E-state index contributed by atoms with van der Waals surface area (Å²) in [5, 5.41) is 6.17. The number of pyridine rings is 1. The smallest absolute Gasteiger partial charge is 0.213 e. The van der Waals surface area contributed by atoms with Gasteiger partial charge in [0.25, 0.3) is 0 Å². The van der Waals surface area contributed by atoms with Gasteiger partial charge in [-0.1, -0.05) is 53.5 Å². The van der Waals surface area contributed by atoms with E-state index < -0.39 is 0 Å². The van der Waals surface area contributed by atoms with Crippen molar-refractivity contribution in [3.05, 3.63) is 93.7 Å². The maximum absolute atomic E-state index is 6.44. The van der Waals surface area contributed by atoms with E-state index in [-0.39, 0.29) is 0 Å². The molecule has 1 N–H and O–H groups in total. The van der Waals surface area contributed by atoms with E-state index in [1.165, 1.54) is 22.2 Å². The first-order valence-corrected chi connectivity index (χ1v) is 11.1. The highest BCUT2D eigenvalue weighted by Gasteiger charge is 2.14. The molecule has 0 bridgehead atoms. The second kappa shape index (κ2) is 10.2. The highest BCUT2D eigenvalue weighted by Crippen LogP contribution is 2.29. The number of hydrogen-bond donors (Lipinski definition) is 1. The molecule has 160 valence electrons. The number of para-hydroxylation sites is 1. The van der Waals surface area contributed by atoms with Crippen LogP contribution in [0.2, 0.25) is 10.0 Å². The topological polar surface area (TPSA) is 39.1 Å². The van der Waals surface area contributed by atoms with Crippen LogP contribution >= 0.6 is 23.2 Å². The minimum Gasteiger partial charge on any atom is -0.478 e. The molecule has 0 radical (unpaired) electrons. The Labute approximate surface area is 192 Å². The Hall–Kier alpha value is -2.53. The molecular weight excluding hydrogens is 429 g/mol. The zero-order chi connectivity index (χ0) is 21.6. The van der Waals surface area contributed by atoms with Crippen LogP contribution < -0.4 is 10.1 Å². The standard InChI is InChI=1S/C25H25Cl2N3O/c1-18-22(16-28-12-6-14-31-25-9-4-5-13-29-25)21-7-2-3-8-24(21)30(18)17-19-10-11-20(26)15-23(19)27/h2-5,7-11,13,15,28H,6,12,14,16-17H2,1H3. The summed E-state index contributed by atoms with van der Waals surface area (Å²) in [4.78, 5) is 4.18. The Morgan fingerprint density at radius 2 is 1.87 bits per heavy atom. The van der Waals surface area contributed by atoms with E-state index >= 15 is 0 Å². The number of rotatable bonds is 9. The van der Waals surface area contributed by atoms with E-state index in [2.05, 4.69) is 46.1 Å². The van der Waals surface area contributed by atoms with Gasteiger partial charge in [-0.25, -0.2) is 4.98 Å². The molecule has 0 unspecified atom stereocenters. The molecule has 0 amide bonds. The van der Waals surface area contributed by atoms with Gasteiger partial charge in [0.1, 0.15) is 0 Å². The van der Waals surface area contributed by atoms with Crippen molar-refractivity contribution in [1.82, 2.24) is 14.9 Å². The summed E-state index contributed by atoms with van der Waals surface area (Å²) in [6, 6.07) is 19.9. The molecule has 2 aromatic carbocycles. The summed E-state index contributed by atoms with van der Waals surface area (Å²) < 4.78 is 7.99. The minimum atomic E-state index is 0.639. The third kappa shape index (κ3) is 5.21. The fourth-order valence-electron chi connectivity index (χ4n) is 3.77. The predicted molar refractivity (Wildman–Crippen MR) is 128 cm³/mol. The average molecular weight is 454 g/mol. The van der Waals surface area contributed by atoms with E-state index in [0.717, 1.165) is 25.1 Å². The van der Waals surface area contributed by atoms with Crippen molar-refractivity contribution in [2.45, 2.75) is 26.4 Å². The lowest BCUT2D eigenvalue weighted by Gasteiger charge is -2.11. The molecule has 4 rings (SSSR count). The summed E-state index contributed by atoms with van der Waals surface area (Å²) in [7, 11) is 0. The van der Waals surface area contributed by atoms with Gasteiger partial charge in [-0.2, -0.15) is 0 Å². The molecule has 0 aliphatic heterocycles. The lowest BCUT2D eigenvalue weighted by Crippen LogP contribution is -2.17. The Bertz CT molecular complexity index is 1160. The van der Waals surface area contributed by atoms with Gasteiger partial charge in [-0.05, 0) is 55.3 Å². The summed E-state index contributed by atoms with van der Waals surface area (Å²) in [6.45, 7) is 5.19. The fourth-order valence-corrected chi connectivity index (χ4v) is 4.24. The van der Waals surface area contributed by atoms with E-state index in [1.54, 1.807) is 12.3 Å². The molecule has 0 saturated carbocycles. The van der Waals surface area contributed by atoms with Gasteiger partial charge in [-0.15, -0.1) is 0 Å². The maximum Gasteiger partial charge on any atom is 0.213 e. The molecule has 6 heteroatoms. The van der Waals surface area contributed by atoms with Crippen molar-refractivity contribution in [1.29, 1.82) is 0 Å². The van der Waals surface area contributed by atoms with Gasteiger partial charge < -0.3 is 14.6 Å². The van der Waals surface area contributed by atoms with Gasteiger partial charge in [0.05, 0.1) is 6.61 Å². The quantitative estimate of drug-likeness (QED) is 0.304.